The molecule has 2 nitrogen and oxygen atoms in total. The maximum absolute atomic E-state index is 9.82. The molecule has 9 rings (SSSR count). The molecule has 0 fully saturated rings. The van der Waals surface area contributed by atoms with Crippen molar-refractivity contribution < 1.29 is 46.9 Å². The van der Waals surface area contributed by atoms with Crippen LogP contribution in [0.3, 0.4) is 0 Å². The normalized spacial score (nSPS) is 20.4. The van der Waals surface area contributed by atoms with Gasteiger partial charge >= 0.3 is 0 Å². The van der Waals surface area contributed by atoms with Crippen LogP contribution in [0.4, 0.5) is 17.1 Å². The second kappa shape index (κ2) is 11.8. The molecule has 0 N–H and O–H groups in total. The molecule has 226 valence electrons. The molecule has 0 unspecified atom stereocenters. The summed E-state index contributed by atoms with van der Waals surface area (Å²) in [4.78, 5) is 0.332. The van der Waals surface area contributed by atoms with Gasteiger partial charge in [0.2, 0.25) is 0 Å². The molecule has 0 aliphatic heterocycles. The molecular weight excluding hydrogens is 583 g/mol. The van der Waals surface area contributed by atoms with Crippen LogP contribution < -0.4 is 4.90 Å². The molecule has 2 heteroatoms. The Kier molecular flexibility index (Phi) is 2.59. The molecule has 0 saturated heterocycles. The van der Waals surface area contributed by atoms with Gasteiger partial charge in [-0.1, -0.05) is 139 Å². The minimum Gasteiger partial charge on any atom is -0.456 e. The number of benzene rings is 8. The van der Waals surface area contributed by atoms with Gasteiger partial charge < -0.3 is 9.32 Å². The van der Waals surface area contributed by atoms with Crippen LogP contribution in [0.5, 0.6) is 0 Å². The highest BCUT2D eigenvalue weighted by Crippen LogP contribution is 2.43. The van der Waals surface area contributed by atoms with Gasteiger partial charge in [0.1, 0.15) is 11.2 Å². The fourth-order valence-electron chi connectivity index (χ4n) is 4.93. The monoisotopic (exact) mass is 644 g/mol. The molecule has 0 aliphatic carbocycles. The van der Waals surface area contributed by atoms with Crippen molar-refractivity contribution in [2.24, 2.45) is 0 Å². The molecule has 0 spiro atoms. The third-order valence-electron chi connectivity index (χ3n) is 7.02. The Bertz CT molecular complexity index is 4060. The first-order chi connectivity index (χ1) is 36.7. The summed E-state index contributed by atoms with van der Waals surface area (Å²) in [5, 5.41) is -2.43. The molecule has 0 radical (unpaired) electrons. The van der Waals surface area contributed by atoms with E-state index >= 15 is 0 Å². The van der Waals surface area contributed by atoms with Crippen LogP contribution in [0.2, 0.25) is 0 Å². The van der Waals surface area contributed by atoms with Crippen molar-refractivity contribution in [2.45, 2.75) is 0 Å². The summed E-state index contributed by atoms with van der Waals surface area (Å²) in [6.45, 7) is 0. The van der Waals surface area contributed by atoms with E-state index in [2.05, 4.69) is 0 Å². The van der Waals surface area contributed by atoms with E-state index < -0.39 is 270 Å². The van der Waals surface area contributed by atoms with Gasteiger partial charge in [-0.05, 0) is 86.5 Å². The zero-order valence-electron chi connectivity index (χ0n) is 54.9. The van der Waals surface area contributed by atoms with Crippen LogP contribution >= 0.6 is 0 Å². The number of rotatable bonds is 6. The summed E-state index contributed by atoms with van der Waals surface area (Å²) in [7, 11) is 0. The first-order valence-corrected chi connectivity index (χ1v) is 13.8. The quantitative estimate of drug-likeness (QED) is 0.179. The average molecular weight is 645 g/mol. The Balaban J connectivity index is 1.50. The maximum Gasteiger partial charge on any atom is 0.137 e. The molecule has 9 aromatic rings. The van der Waals surface area contributed by atoms with E-state index in [-0.39, 0.29) is 0 Å². The number of nitrogens with zero attached hydrogens (tertiary/aromatic N) is 1. The molecular formula is C46H31NO. The summed E-state index contributed by atoms with van der Waals surface area (Å²) in [6.07, 6.45) is 0. The van der Waals surface area contributed by atoms with Gasteiger partial charge in [-0.2, -0.15) is 0 Å². The highest BCUT2D eigenvalue weighted by atomic mass is 16.3. The SMILES string of the molecule is [2H]c1c([2H])c([2H])c(-c2c([2H])c([2H])c(N(c3c([2H])c([2H])c(-c4c([2H])c([2H])c([2H])c([2H])c4[2H])c([2H])c3[2H])c3c([2H])c([2H])c4c(oc5c([2H])c(-c6c([2H])c([2H])c([2H])c([2H])c6[2H])c6c([2H])c([2H])c([2H])c([2H])c6c54)c3[2H])c([2H])c2[2H])c([2H])c1[2H]. The van der Waals surface area contributed by atoms with Crippen molar-refractivity contribution in [3.63, 3.8) is 0 Å². The number of hydrogen-bond acceptors (Lipinski definition) is 2. The topological polar surface area (TPSA) is 16.4 Å². The predicted molar refractivity (Wildman–Crippen MR) is 202 cm³/mol. The van der Waals surface area contributed by atoms with Crippen molar-refractivity contribution in [2.75, 3.05) is 4.90 Å². The Morgan fingerprint density at radius 1 is 0.354 bits per heavy atom. The van der Waals surface area contributed by atoms with Gasteiger partial charge in [-0.3, -0.25) is 0 Å². The lowest BCUT2D eigenvalue weighted by Crippen LogP contribution is -2.09. The summed E-state index contributed by atoms with van der Waals surface area (Å²) in [5.41, 5.74) is -9.93. The lowest BCUT2D eigenvalue weighted by molar-refractivity contribution is 0.669. The first kappa shape index (κ1) is 10.6. The van der Waals surface area contributed by atoms with Crippen molar-refractivity contribution in [1.82, 2.24) is 0 Å². The lowest BCUT2D eigenvalue weighted by atomic mass is 9.95. The molecule has 0 saturated carbocycles. The van der Waals surface area contributed by atoms with Crippen molar-refractivity contribution in [3.05, 3.63) is 187 Å². The van der Waals surface area contributed by atoms with E-state index in [1.165, 1.54) is 0 Å². The second-order valence-corrected chi connectivity index (χ2v) is 9.77. The van der Waals surface area contributed by atoms with Crippen LogP contribution in [0.25, 0.3) is 66.1 Å². The van der Waals surface area contributed by atoms with Crippen LogP contribution in [-0.4, -0.2) is 0 Å². The Labute approximate surface area is 323 Å². The molecule has 0 aliphatic rings. The number of furan rings is 1. The largest absolute Gasteiger partial charge is 0.456 e. The lowest BCUT2D eigenvalue weighted by Gasteiger charge is -2.26. The van der Waals surface area contributed by atoms with Gasteiger partial charge in [0.05, 0.1) is 42.5 Å². The summed E-state index contributed by atoms with van der Waals surface area (Å²) in [6, 6.07) is -31.8. The minimum absolute atomic E-state index is 0.332. The average Bonchev–Trinajstić information content (AvgIpc) is 4.11. The number of hydrogen-bond donors (Lipinski definition) is 0. The number of anilines is 3. The van der Waals surface area contributed by atoms with Gasteiger partial charge in [0, 0.05) is 33.9 Å². The van der Waals surface area contributed by atoms with E-state index in [0.29, 0.717) is 4.90 Å². The summed E-state index contributed by atoms with van der Waals surface area (Å²) < 4.78 is 281. The van der Waals surface area contributed by atoms with Crippen molar-refractivity contribution >= 4 is 49.8 Å². The van der Waals surface area contributed by atoms with E-state index in [9.17, 15) is 16.4 Å². The van der Waals surface area contributed by atoms with E-state index in [1.54, 1.807) is 0 Å². The Morgan fingerprint density at radius 3 is 1.38 bits per heavy atom. The van der Waals surface area contributed by atoms with E-state index in [1.807, 2.05) is 0 Å². The molecule has 0 atom stereocenters. The summed E-state index contributed by atoms with van der Waals surface area (Å²) in [5.74, 6) is 0. The molecule has 8 aromatic carbocycles. The first-order valence-electron chi connectivity index (χ1n) is 29.3. The molecule has 1 heterocycles. The standard InChI is InChI=1S/C46H31NO/c1-4-12-32(13-5-1)34-20-24-37(25-21-34)47(38-26-22-35(23-27-38)33-14-6-2-7-15-33)39-28-29-42-44(30-39)48-45-31-43(36-16-8-3-9-17-36)40-18-10-11-19-41(40)46(42)45/h1-31H/i1D,2D,3D,4D,5D,6D,7D,8D,9D,10D,11D,12D,13D,14D,15D,16D,17D,18D,19D,20D,21D,22D,23D,24D,25D,26D,27D,28D,29D,30D,31D. The van der Waals surface area contributed by atoms with E-state index in [0.717, 1.165) is 0 Å². The number of fused-ring (bicyclic) bond motifs is 5. The van der Waals surface area contributed by atoms with Crippen molar-refractivity contribution in [3.8, 4) is 33.4 Å². The second-order valence-electron chi connectivity index (χ2n) is 9.77. The van der Waals surface area contributed by atoms with Gasteiger partial charge in [-0.25, -0.2) is 0 Å². The molecule has 1 aromatic heterocycles. The van der Waals surface area contributed by atoms with Crippen LogP contribution in [0.15, 0.2) is 192 Å². The van der Waals surface area contributed by atoms with Gasteiger partial charge in [0.25, 0.3) is 0 Å². The third kappa shape index (κ3) is 4.92. The third-order valence-corrected chi connectivity index (χ3v) is 7.02. The smallest absolute Gasteiger partial charge is 0.137 e. The molecule has 0 bridgehead atoms. The Hall–Kier alpha value is -6.38. The zero-order chi connectivity index (χ0) is 58.8. The highest BCUT2D eigenvalue weighted by Gasteiger charge is 2.18. The van der Waals surface area contributed by atoms with Gasteiger partial charge in [0.15, 0.2) is 0 Å². The predicted octanol–water partition coefficient (Wildman–Crippen LogP) is 13.2. The molecule has 0 amide bonds. The van der Waals surface area contributed by atoms with Crippen molar-refractivity contribution in [1.29, 1.82) is 0 Å². The maximum atomic E-state index is 9.82. The fraction of sp³-hybridized carbons (Fsp3) is 0. The highest BCUT2D eigenvalue weighted by molar-refractivity contribution is 6.22. The fourth-order valence-corrected chi connectivity index (χ4v) is 4.93. The van der Waals surface area contributed by atoms with Crippen LogP contribution in [-0.2, 0) is 0 Å². The minimum atomic E-state index is -1.26. The van der Waals surface area contributed by atoms with E-state index in [4.69, 9.17) is 30.5 Å². The molecule has 48 heavy (non-hydrogen) atoms. The van der Waals surface area contributed by atoms with Crippen LogP contribution in [0, 0.1) is 0 Å². The van der Waals surface area contributed by atoms with Gasteiger partial charge in [-0.15, -0.1) is 0 Å². The van der Waals surface area contributed by atoms with Crippen LogP contribution in [0.1, 0.15) is 42.5 Å². The summed E-state index contributed by atoms with van der Waals surface area (Å²) >= 11 is 0. The zero-order valence-corrected chi connectivity index (χ0v) is 23.9. The Morgan fingerprint density at radius 2 is 0.812 bits per heavy atom.